The predicted octanol–water partition coefficient (Wildman–Crippen LogP) is 6.58. The molecule has 0 atom stereocenters. The Balaban J connectivity index is 1.69. The SMILES string of the molecule is CCCCCCOc1ccc(NC(=O)C2CCC(CCCC)CC2)cc1. The molecule has 0 unspecified atom stereocenters. The minimum atomic E-state index is 0.183. The molecule has 3 heteroatoms. The van der Waals surface area contributed by atoms with Crippen molar-refractivity contribution in [2.45, 2.75) is 84.5 Å². The Kier molecular flexibility index (Phi) is 9.58. The van der Waals surface area contributed by atoms with Crippen molar-refractivity contribution in [3.8, 4) is 5.75 Å². The van der Waals surface area contributed by atoms with Crippen LogP contribution in [0.3, 0.4) is 0 Å². The van der Waals surface area contributed by atoms with Gasteiger partial charge >= 0.3 is 0 Å². The van der Waals surface area contributed by atoms with Gasteiger partial charge in [-0.25, -0.2) is 0 Å². The molecule has 1 aromatic rings. The van der Waals surface area contributed by atoms with Crippen LogP contribution in [-0.4, -0.2) is 12.5 Å². The van der Waals surface area contributed by atoms with Crippen molar-refractivity contribution in [1.29, 1.82) is 0 Å². The maximum Gasteiger partial charge on any atom is 0.227 e. The van der Waals surface area contributed by atoms with Crippen molar-refractivity contribution >= 4 is 11.6 Å². The first kappa shape index (κ1) is 20.8. The summed E-state index contributed by atoms with van der Waals surface area (Å²) < 4.78 is 5.76. The maximum absolute atomic E-state index is 12.5. The molecule has 1 amide bonds. The molecule has 1 N–H and O–H groups in total. The quantitative estimate of drug-likeness (QED) is 0.453. The zero-order valence-corrected chi connectivity index (χ0v) is 16.8. The van der Waals surface area contributed by atoms with Gasteiger partial charge in [-0.3, -0.25) is 4.79 Å². The van der Waals surface area contributed by atoms with Crippen LogP contribution in [0.1, 0.15) is 84.5 Å². The summed E-state index contributed by atoms with van der Waals surface area (Å²) in [6, 6.07) is 7.81. The van der Waals surface area contributed by atoms with Crippen LogP contribution in [0.2, 0.25) is 0 Å². The van der Waals surface area contributed by atoms with Crippen molar-refractivity contribution in [3.05, 3.63) is 24.3 Å². The number of nitrogens with one attached hydrogen (secondary N) is 1. The Hall–Kier alpha value is -1.51. The molecule has 2 rings (SSSR count). The molecule has 1 aromatic carbocycles. The zero-order chi connectivity index (χ0) is 18.6. The van der Waals surface area contributed by atoms with Crippen molar-refractivity contribution in [2.24, 2.45) is 11.8 Å². The van der Waals surface area contributed by atoms with E-state index in [0.717, 1.165) is 43.2 Å². The highest BCUT2D eigenvalue weighted by Gasteiger charge is 2.25. The second-order valence-electron chi connectivity index (χ2n) is 7.78. The summed E-state index contributed by atoms with van der Waals surface area (Å²) in [6.45, 7) is 5.24. The molecule has 0 bridgehead atoms. The lowest BCUT2D eigenvalue weighted by Crippen LogP contribution is -2.27. The first-order chi connectivity index (χ1) is 12.7. The number of benzene rings is 1. The normalized spacial score (nSPS) is 19.9. The summed E-state index contributed by atoms with van der Waals surface area (Å²) in [4.78, 5) is 12.5. The van der Waals surface area contributed by atoms with Gasteiger partial charge in [-0.05, 0) is 62.3 Å². The fourth-order valence-corrected chi connectivity index (χ4v) is 3.80. The Bertz CT molecular complexity index is 503. The van der Waals surface area contributed by atoms with Crippen molar-refractivity contribution < 1.29 is 9.53 Å². The molecular weight excluding hydrogens is 322 g/mol. The van der Waals surface area contributed by atoms with E-state index < -0.39 is 0 Å². The molecule has 0 saturated heterocycles. The number of anilines is 1. The van der Waals surface area contributed by atoms with Crippen LogP contribution in [0.5, 0.6) is 5.75 Å². The number of rotatable bonds is 11. The number of hydrogen-bond acceptors (Lipinski definition) is 2. The summed E-state index contributed by atoms with van der Waals surface area (Å²) in [7, 11) is 0. The fourth-order valence-electron chi connectivity index (χ4n) is 3.80. The highest BCUT2D eigenvalue weighted by molar-refractivity contribution is 5.92. The molecule has 1 saturated carbocycles. The lowest BCUT2D eigenvalue weighted by molar-refractivity contribution is -0.121. The summed E-state index contributed by atoms with van der Waals surface area (Å²) in [5, 5.41) is 3.09. The fraction of sp³-hybridized carbons (Fsp3) is 0.696. The largest absolute Gasteiger partial charge is 0.494 e. The monoisotopic (exact) mass is 359 g/mol. The highest BCUT2D eigenvalue weighted by Crippen LogP contribution is 2.32. The summed E-state index contributed by atoms with van der Waals surface area (Å²) in [6.07, 6.45) is 13.3. The van der Waals surface area contributed by atoms with Crippen molar-refractivity contribution in [2.75, 3.05) is 11.9 Å². The number of ether oxygens (including phenoxy) is 1. The molecule has 0 spiro atoms. The van der Waals surface area contributed by atoms with Gasteiger partial charge in [0.25, 0.3) is 0 Å². The summed E-state index contributed by atoms with van der Waals surface area (Å²) in [5.74, 6) is 2.10. The second kappa shape index (κ2) is 12.0. The Morgan fingerprint density at radius 3 is 2.31 bits per heavy atom. The predicted molar refractivity (Wildman–Crippen MR) is 110 cm³/mol. The van der Waals surface area contributed by atoms with E-state index in [-0.39, 0.29) is 11.8 Å². The molecule has 1 aliphatic carbocycles. The van der Waals surface area contributed by atoms with Crippen LogP contribution in [0, 0.1) is 11.8 Å². The molecule has 146 valence electrons. The van der Waals surface area contributed by atoms with Gasteiger partial charge in [0.05, 0.1) is 6.61 Å². The molecule has 1 fully saturated rings. The standard InChI is InChI=1S/C23H37NO2/c1-3-5-7-8-18-26-22-16-14-21(15-17-22)24-23(25)20-12-10-19(11-13-20)9-6-4-2/h14-17,19-20H,3-13,18H2,1-2H3,(H,24,25). The van der Waals surface area contributed by atoms with Crippen LogP contribution in [-0.2, 0) is 4.79 Å². The van der Waals surface area contributed by atoms with E-state index in [9.17, 15) is 4.79 Å². The second-order valence-corrected chi connectivity index (χ2v) is 7.78. The van der Waals surface area contributed by atoms with E-state index in [1.165, 1.54) is 51.4 Å². The van der Waals surface area contributed by atoms with Gasteiger partial charge in [-0.15, -0.1) is 0 Å². The van der Waals surface area contributed by atoms with E-state index >= 15 is 0 Å². The van der Waals surface area contributed by atoms with Crippen LogP contribution in [0.15, 0.2) is 24.3 Å². The first-order valence-electron chi connectivity index (χ1n) is 10.8. The van der Waals surface area contributed by atoms with Gasteiger partial charge in [0.15, 0.2) is 0 Å². The Labute approximate surface area is 159 Å². The molecule has 26 heavy (non-hydrogen) atoms. The molecular formula is C23H37NO2. The number of carbonyl (C=O) groups excluding carboxylic acids is 1. The number of hydrogen-bond donors (Lipinski definition) is 1. The van der Waals surface area contributed by atoms with Gasteiger partial charge < -0.3 is 10.1 Å². The third kappa shape index (κ3) is 7.39. The van der Waals surface area contributed by atoms with Gasteiger partial charge in [-0.2, -0.15) is 0 Å². The molecule has 0 radical (unpaired) electrons. The zero-order valence-electron chi connectivity index (χ0n) is 16.8. The lowest BCUT2D eigenvalue weighted by Gasteiger charge is -2.27. The Morgan fingerprint density at radius 1 is 0.962 bits per heavy atom. The summed E-state index contributed by atoms with van der Waals surface area (Å²) in [5.41, 5.74) is 0.876. The Morgan fingerprint density at radius 2 is 1.65 bits per heavy atom. The smallest absolute Gasteiger partial charge is 0.227 e. The van der Waals surface area contributed by atoms with E-state index in [1.807, 2.05) is 24.3 Å². The minimum absolute atomic E-state index is 0.183. The summed E-state index contributed by atoms with van der Waals surface area (Å²) >= 11 is 0. The number of carbonyl (C=O) groups is 1. The third-order valence-electron chi connectivity index (χ3n) is 5.57. The maximum atomic E-state index is 12.5. The molecule has 3 nitrogen and oxygen atoms in total. The van der Waals surface area contributed by atoms with Crippen LogP contribution >= 0.6 is 0 Å². The molecule has 0 aromatic heterocycles. The van der Waals surface area contributed by atoms with Crippen LogP contribution < -0.4 is 10.1 Å². The van der Waals surface area contributed by atoms with Gasteiger partial charge in [0.2, 0.25) is 5.91 Å². The van der Waals surface area contributed by atoms with Crippen LogP contribution in [0.25, 0.3) is 0 Å². The average molecular weight is 360 g/mol. The number of amides is 1. The molecule has 0 heterocycles. The van der Waals surface area contributed by atoms with E-state index in [1.54, 1.807) is 0 Å². The average Bonchev–Trinajstić information content (AvgIpc) is 2.68. The first-order valence-corrected chi connectivity index (χ1v) is 10.8. The highest BCUT2D eigenvalue weighted by atomic mass is 16.5. The lowest BCUT2D eigenvalue weighted by atomic mass is 9.79. The van der Waals surface area contributed by atoms with Gasteiger partial charge in [0, 0.05) is 11.6 Å². The van der Waals surface area contributed by atoms with Crippen LogP contribution in [0.4, 0.5) is 5.69 Å². The molecule has 0 aliphatic heterocycles. The molecule has 1 aliphatic rings. The minimum Gasteiger partial charge on any atom is -0.494 e. The van der Waals surface area contributed by atoms with Gasteiger partial charge in [0.1, 0.15) is 5.75 Å². The number of unbranched alkanes of at least 4 members (excludes halogenated alkanes) is 4. The van der Waals surface area contributed by atoms with Crippen molar-refractivity contribution in [1.82, 2.24) is 0 Å². The van der Waals surface area contributed by atoms with E-state index in [4.69, 9.17) is 4.74 Å². The van der Waals surface area contributed by atoms with Crippen molar-refractivity contribution in [3.63, 3.8) is 0 Å². The van der Waals surface area contributed by atoms with E-state index in [0.29, 0.717) is 0 Å². The topological polar surface area (TPSA) is 38.3 Å². The van der Waals surface area contributed by atoms with E-state index in [2.05, 4.69) is 19.2 Å². The third-order valence-corrected chi connectivity index (χ3v) is 5.57. The van der Waals surface area contributed by atoms with Gasteiger partial charge in [-0.1, -0.05) is 52.4 Å².